The highest BCUT2D eigenvalue weighted by atomic mass is 16.1. The third-order valence-electron chi connectivity index (χ3n) is 3.92. The molecule has 20 heavy (non-hydrogen) atoms. The molecule has 0 saturated heterocycles. The van der Waals surface area contributed by atoms with Crippen molar-refractivity contribution in [2.75, 3.05) is 12.0 Å². The second-order valence-electron chi connectivity index (χ2n) is 6.39. The minimum Gasteiger partial charge on any atom is -0.350 e. The van der Waals surface area contributed by atoms with Gasteiger partial charge in [0, 0.05) is 12.5 Å². The van der Waals surface area contributed by atoms with E-state index >= 15 is 0 Å². The number of nitrogens with two attached hydrogens (primary N) is 1. The minimum absolute atomic E-state index is 0.163. The Hall–Kier alpha value is -1.69. The van der Waals surface area contributed by atoms with Gasteiger partial charge in [0.15, 0.2) is 5.69 Å². The standard InChI is InChI=1S/C14H23N5O/c1-8(2)12-16-7-10(19-15)11(18-12)13(20)17-6-9-5-14(9,3)4/h7-9,19H,5-6,15H2,1-4H3,(H,17,20). The molecule has 0 aliphatic heterocycles. The average molecular weight is 277 g/mol. The van der Waals surface area contributed by atoms with Crippen LogP contribution in [0.2, 0.25) is 0 Å². The smallest absolute Gasteiger partial charge is 0.272 e. The van der Waals surface area contributed by atoms with Gasteiger partial charge in [0.05, 0.1) is 11.9 Å². The molecule has 1 unspecified atom stereocenters. The summed E-state index contributed by atoms with van der Waals surface area (Å²) in [5.41, 5.74) is 3.58. The van der Waals surface area contributed by atoms with Gasteiger partial charge in [0.2, 0.25) is 0 Å². The molecule has 0 aromatic carbocycles. The molecule has 1 aliphatic carbocycles. The van der Waals surface area contributed by atoms with Crippen LogP contribution in [0.3, 0.4) is 0 Å². The largest absolute Gasteiger partial charge is 0.350 e. The van der Waals surface area contributed by atoms with Crippen LogP contribution in [-0.2, 0) is 0 Å². The Balaban J connectivity index is 2.09. The molecule has 0 radical (unpaired) electrons. The van der Waals surface area contributed by atoms with Gasteiger partial charge < -0.3 is 10.7 Å². The molecule has 1 atom stereocenters. The zero-order chi connectivity index (χ0) is 14.9. The van der Waals surface area contributed by atoms with Crippen molar-refractivity contribution in [1.29, 1.82) is 0 Å². The van der Waals surface area contributed by atoms with Crippen LogP contribution < -0.4 is 16.6 Å². The number of nitrogens with one attached hydrogen (secondary N) is 2. The Morgan fingerprint density at radius 3 is 2.70 bits per heavy atom. The fourth-order valence-corrected chi connectivity index (χ4v) is 2.18. The van der Waals surface area contributed by atoms with Gasteiger partial charge in [0.1, 0.15) is 5.82 Å². The maximum Gasteiger partial charge on any atom is 0.272 e. The number of nitrogen functional groups attached to an aromatic ring is 1. The molecule has 1 amide bonds. The second kappa shape index (κ2) is 5.36. The van der Waals surface area contributed by atoms with E-state index in [0.717, 1.165) is 6.42 Å². The topological polar surface area (TPSA) is 92.9 Å². The lowest BCUT2D eigenvalue weighted by Gasteiger charge is -2.11. The van der Waals surface area contributed by atoms with Crippen molar-refractivity contribution in [3.8, 4) is 0 Å². The van der Waals surface area contributed by atoms with E-state index in [-0.39, 0.29) is 11.8 Å². The van der Waals surface area contributed by atoms with Crippen molar-refractivity contribution in [3.63, 3.8) is 0 Å². The van der Waals surface area contributed by atoms with Gasteiger partial charge >= 0.3 is 0 Å². The van der Waals surface area contributed by atoms with E-state index < -0.39 is 0 Å². The number of amides is 1. The Morgan fingerprint density at radius 2 is 2.20 bits per heavy atom. The summed E-state index contributed by atoms with van der Waals surface area (Å²) in [7, 11) is 0. The number of nitrogens with zero attached hydrogens (tertiary/aromatic N) is 2. The second-order valence-corrected chi connectivity index (χ2v) is 6.39. The molecule has 1 aromatic heterocycles. The number of anilines is 1. The predicted octanol–water partition coefficient (Wildman–Crippen LogP) is 1.66. The molecular formula is C14H23N5O. The van der Waals surface area contributed by atoms with Crippen LogP contribution in [0.25, 0.3) is 0 Å². The highest BCUT2D eigenvalue weighted by molar-refractivity contribution is 5.97. The predicted molar refractivity (Wildman–Crippen MR) is 78.2 cm³/mol. The fourth-order valence-electron chi connectivity index (χ4n) is 2.18. The lowest BCUT2D eigenvalue weighted by molar-refractivity contribution is 0.0946. The molecule has 4 N–H and O–H groups in total. The van der Waals surface area contributed by atoms with Gasteiger partial charge in [-0.3, -0.25) is 10.6 Å². The van der Waals surface area contributed by atoms with Crippen LogP contribution in [0.15, 0.2) is 6.20 Å². The molecule has 2 rings (SSSR count). The third-order valence-corrected chi connectivity index (χ3v) is 3.92. The van der Waals surface area contributed by atoms with Crippen molar-refractivity contribution in [3.05, 3.63) is 17.7 Å². The molecule has 0 spiro atoms. The lowest BCUT2D eigenvalue weighted by Crippen LogP contribution is -2.29. The quantitative estimate of drug-likeness (QED) is 0.562. The van der Waals surface area contributed by atoms with Gasteiger partial charge in [-0.1, -0.05) is 27.7 Å². The van der Waals surface area contributed by atoms with Crippen molar-refractivity contribution in [2.45, 2.75) is 40.0 Å². The van der Waals surface area contributed by atoms with Gasteiger partial charge in [-0.15, -0.1) is 0 Å². The first-order valence-corrected chi connectivity index (χ1v) is 6.97. The van der Waals surface area contributed by atoms with Crippen molar-refractivity contribution < 1.29 is 4.79 Å². The molecule has 6 heteroatoms. The van der Waals surface area contributed by atoms with E-state index in [1.807, 2.05) is 13.8 Å². The van der Waals surface area contributed by atoms with E-state index in [0.29, 0.717) is 35.1 Å². The van der Waals surface area contributed by atoms with E-state index in [1.54, 1.807) is 6.20 Å². The van der Waals surface area contributed by atoms with E-state index in [2.05, 4.69) is 34.6 Å². The summed E-state index contributed by atoms with van der Waals surface area (Å²) in [6, 6.07) is 0. The molecule has 1 fully saturated rings. The molecule has 1 aliphatic rings. The van der Waals surface area contributed by atoms with Crippen LogP contribution in [0, 0.1) is 11.3 Å². The van der Waals surface area contributed by atoms with Crippen LogP contribution >= 0.6 is 0 Å². The molecule has 1 heterocycles. The molecule has 0 bridgehead atoms. The Bertz CT molecular complexity index is 512. The third kappa shape index (κ3) is 3.07. The van der Waals surface area contributed by atoms with E-state index in [4.69, 9.17) is 5.84 Å². The zero-order valence-electron chi connectivity index (χ0n) is 12.5. The van der Waals surface area contributed by atoms with Crippen molar-refractivity contribution in [1.82, 2.24) is 15.3 Å². The first-order chi connectivity index (χ1) is 9.35. The number of hydrogen-bond donors (Lipinski definition) is 3. The van der Waals surface area contributed by atoms with Crippen LogP contribution in [0.1, 0.15) is 56.3 Å². The Labute approximate surface area is 119 Å². The van der Waals surface area contributed by atoms with E-state index in [1.165, 1.54) is 0 Å². The van der Waals surface area contributed by atoms with Crippen molar-refractivity contribution >= 4 is 11.6 Å². The van der Waals surface area contributed by atoms with E-state index in [9.17, 15) is 4.79 Å². The Morgan fingerprint density at radius 1 is 1.55 bits per heavy atom. The first-order valence-electron chi connectivity index (χ1n) is 6.97. The van der Waals surface area contributed by atoms with Crippen LogP contribution in [-0.4, -0.2) is 22.4 Å². The number of carbonyl (C=O) groups excluding carboxylic acids is 1. The minimum atomic E-state index is -0.204. The summed E-state index contributed by atoms with van der Waals surface area (Å²) in [6.45, 7) is 9.06. The monoisotopic (exact) mass is 277 g/mol. The van der Waals surface area contributed by atoms with Crippen LogP contribution in [0.5, 0.6) is 0 Å². The highest BCUT2D eigenvalue weighted by Crippen LogP contribution is 2.50. The zero-order valence-corrected chi connectivity index (χ0v) is 12.5. The number of hydrazine groups is 1. The summed E-state index contributed by atoms with van der Waals surface area (Å²) in [5.74, 6) is 6.56. The number of rotatable bonds is 5. The molecule has 6 nitrogen and oxygen atoms in total. The maximum absolute atomic E-state index is 12.2. The number of aromatic nitrogens is 2. The van der Waals surface area contributed by atoms with Gasteiger partial charge in [-0.2, -0.15) is 0 Å². The molecule has 110 valence electrons. The average Bonchev–Trinajstić information content (AvgIpc) is 3.02. The lowest BCUT2D eigenvalue weighted by atomic mass is 10.1. The SMILES string of the molecule is CC(C)c1ncc(NN)c(C(=O)NCC2CC2(C)C)n1. The highest BCUT2D eigenvalue weighted by Gasteiger charge is 2.45. The first kappa shape index (κ1) is 14.7. The molecule has 1 saturated carbocycles. The summed E-state index contributed by atoms with van der Waals surface area (Å²) in [6.07, 6.45) is 2.70. The summed E-state index contributed by atoms with van der Waals surface area (Å²) in [4.78, 5) is 20.7. The van der Waals surface area contributed by atoms with Gasteiger partial charge in [0.25, 0.3) is 5.91 Å². The number of carbonyl (C=O) groups is 1. The summed E-state index contributed by atoms with van der Waals surface area (Å²) < 4.78 is 0. The number of hydrogen-bond acceptors (Lipinski definition) is 5. The van der Waals surface area contributed by atoms with Crippen LogP contribution in [0.4, 0.5) is 5.69 Å². The van der Waals surface area contributed by atoms with Crippen molar-refractivity contribution in [2.24, 2.45) is 17.2 Å². The van der Waals surface area contributed by atoms with Gasteiger partial charge in [-0.05, 0) is 17.8 Å². The normalized spacial score (nSPS) is 19.8. The fraction of sp³-hybridized carbons (Fsp3) is 0.643. The summed E-state index contributed by atoms with van der Waals surface area (Å²) >= 11 is 0. The summed E-state index contributed by atoms with van der Waals surface area (Å²) in [5, 5.41) is 2.93. The van der Waals surface area contributed by atoms with Gasteiger partial charge in [-0.25, -0.2) is 9.97 Å². The Kier molecular flexibility index (Phi) is 3.94. The molecular weight excluding hydrogens is 254 g/mol. The molecule has 1 aromatic rings. The maximum atomic E-state index is 12.2.